The number of ether oxygens (including phenoxy) is 1. The second kappa shape index (κ2) is 9.70. The van der Waals surface area contributed by atoms with E-state index in [-0.39, 0.29) is 0 Å². The van der Waals surface area contributed by atoms with Crippen molar-refractivity contribution in [2.45, 2.75) is 32.6 Å². The van der Waals surface area contributed by atoms with Crippen LogP contribution in [0.5, 0.6) is 0 Å². The highest BCUT2D eigenvalue weighted by molar-refractivity contribution is 6.39. The molecule has 0 atom stereocenters. The molecule has 0 aliphatic rings. The summed E-state index contributed by atoms with van der Waals surface area (Å²) in [6.07, 6.45) is 6.62. The Labute approximate surface area is 126 Å². The molecule has 0 N–H and O–H groups in total. The number of carbonyl (C=O) groups is 2. The van der Waals surface area contributed by atoms with Gasteiger partial charge in [0.15, 0.2) is 0 Å². The predicted molar refractivity (Wildman–Crippen MR) is 84.7 cm³/mol. The molecule has 0 aromatic heterocycles. The number of allylic oxidation sites excluding steroid dienone is 1. The van der Waals surface area contributed by atoms with Crippen LogP contribution in [0.3, 0.4) is 0 Å². The van der Waals surface area contributed by atoms with Crippen molar-refractivity contribution in [1.82, 2.24) is 0 Å². The fourth-order valence-corrected chi connectivity index (χ4v) is 1.75. The van der Waals surface area contributed by atoms with Crippen LogP contribution in [0.25, 0.3) is 6.08 Å². The molecular formula is C18H22O3. The molecule has 1 rings (SSSR count). The van der Waals surface area contributed by atoms with Crippen molar-refractivity contribution in [1.29, 1.82) is 0 Å². The third-order valence-electron chi connectivity index (χ3n) is 2.91. The van der Waals surface area contributed by atoms with Gasteiger partial charge >= 0.3 is 5.97 Å². The van der Waals surface area contributed by atoms with Crippen LogP contribution in [0.2, 0.25) is 0 Å². The topological polar surface area (TPSA) is 43.4 Å². The lowest BCUT2D eigenvalue weighted by molar-refractivity contribution is -0.151. The van der Waals surface area contributed by atoms with Crippen molar-refractivity contribution in [3.05, 3.63) is 54.1 Å². The van der Waals surface area contributed by atoms with Crippen molar-refractivity contribution in [3.8, 4) is 0 Å². The second-order valence-corrected chi connectivity index (χ2v) is 5.01. The molecule has 0 spiro atoms. The molecule has 0 aliphatic carbocycles. The van der Waals surface area contributed by atoms with Crippen molar-refractivity contribution in [2.24, 2.45) is 0 Å². The Morgan fingerprint density at radius 2 is 1.86 bits per heavy atom. The van der Waals surface area contributed by atoms with Crippen LogP contribution in [0, 0.1) is 0 Å². The number of ketones is 1. The summed E-state index contributed by atoms with van der Waals surface area (Å²) in [6, 6.07) is 9.34. The summed E-state index contributed by atoms with van der Waals surface area (Å²) in [5.74, 6) is -1.41. The molecule has 1 aromatic rings. The average Bonchev–Trinajstić information content (AvgIpc) is 2.48. The SMILES string of the molecule is C=C(C)CCCCCOC(=O)C(=O)/C=C/c1ccccc1. The lowest BCUT2D eigenvalue weighted by Gasteiger charge is -2.02. The van der Waals surface area contributed by atoms with E-state index in [0.29, 0.717) is 6.61 Å². The minimum absolute atomic E-state index is 0.292. The van der Waals surface area contributed by atoms with E-state index in [1.807, 2.05) is 37.3 Å². The Kier molecular flexibility index (Phi) is 7.80. The number of carbonyl (C=O) groups excluding carboxylic acids is 2. The summed E-state index contributed by atoms with van der Waals surface area (Å²) < 4.78 is 4.94. The van der Waals surface area contributed by atoms with E-state index in [4.69, 9.17) is 4.74 Å². The van der Waals surface area contributed by atoms with E-state index in [1.165, 1.54) is 6.08 Å². The lowest BCUT2D eigenvalue weighted by atomic mass is 10.1. The monoisotopic (exact) mass is 286 g/mol. The highest BCUT2D eigenvalue weighted by Gasteiger charge is 2.11. The van der Waals surface area contributed by atoms with E-state index in [1.54, 1.807) is 6.08 Å². The number of esters is 1. The first kappa shape index (κ1) is 16.9. The van der Waals surface area contributed by atoms with E-state index in [2.05, 4.69) is 6.58 Å². The molecule has 3 nitrogen and oxygen atoms in total. The maximum absolute atomic E-state index is 11.6. The van der Waals surface area contributed by atoms with Gasteiger partial charge in [-0.3, -0.25) is 4.79 Å². The predicted octanol–water partition coefficient (Wildman–Crippen LogP) is 3.95. The minimum Gasteiger partial charge on any atom is -0.460 e. The van der Waals surface area contributed by atoms with Gasteiger partial charge in [-0.2, -0.15) is 0 Å². The van der Waals surface area contributed by atoms with Gasteiger partial charge in [0.1, 0.15) is 0 Å². The molecule has 0 radical (unpaired) electrons. The molecule has 0 saturated heterocycles. The van der Waals surface area contributed by atoms with Crippen LogP contribution in [-0.4, -0.2) is 18.4 Å². The zero-order chi connectivity index (χ0) is 15.5. The molecule has 21 heavy (non-hydrogen) atoms. The fourth-order valence-electron chi connectivity index (χ4n) is 1.75. The normalized spacial score (nSPS) is 10.5. The summed E-state index contributed by atoms with van der Waals surface area (Å²) >= 11 is 0. The van der Waals surface area contributed by atoms with Gasteiger partial charge in [0.05, 0.1) is 6.61 Å². The first-order chi connectivity index (χ1) is 10.1. The first-order valence-electron chi connectivity index (χ1n) is 7.18. The van der Waals surface area contributed by atoms with Gasteiger partial charge in [-0.15, -0.1) is 6.58 Å². The third-order valence-corrected chi connectivity index (χ3v) is 2.91. The molecule has 112 valence electrons. The van der Waals surface area contributed by atoms with Crippen molar-refractivity contribution >= 4 is 17.8 Å². The highest BCUT2D eigenvalue weighted by Crippen LogP contribution is 2.06. The molecule has 3 heteroatoms. The van der Waals surface area contributed by atoms with E-state index >= 15 is 0 Å². The summed E-state index contributed by atoms with van der Waals surface area (Å²) in [5.41, 5.74) is 2.03. The van der Waals surface area contributed by atoms with Crippen LogP contribution >= 0.6 is 0 Å². The first-order valence-corrected chi connectivity index (χ1v) is 7.18. The number of hydrogen-bond acceptors (Lipinski definition) is 3. The molecule has 0 aliphatic heterocycles. The quantitative estimate of drug-likeness (QED) is 0.227. The molecule has 0 fully saturated rings. The van der Waals surface area contributed by atoms with Gasteiger partial charge < -0.3 is 4.74 Å². The molecule has 1 aromatic carbocycles. The van der Waals surface area contributed by atoms with Crippen LogP contribution in [0.4, 0.5) is 0 Å². The van der Waals surface area contributed by atoms with Crippen molar-refractivity contribution in [3.63, 3.8) is 0 Å². The van der Waals surface area contributed by atoms with Gasteiger partial charge in [0.2, 0.25) is 0 Å². The Hall–Kier alpha value is -2.16. The average molecular weight is 286 g/mol. The standard InChI is InChI=1S/C18H22O3/c1-15(2)9-5-4-8-14-21-18(20)17(19)13-12-16-10-6-3-7-11-16/h3,6-7,10-13H,1,4-5,8-9,14H2,2H3/b13-12+. The van der Waals surface area contributed by atoms with Crippen LogP contribution in [0.1, 0.15) is 38.2 Å². The zero-order valence-corrected chi connectivity index (χ0v) is 12.5. The van der Waals surface area contributed by atoms with E-state index < -0.39 is 11.8 Å². The summed E-state index contributed by atoms with van der Waals surface area (Å²) in [4.78, 5) is 23.0. The molecule has 0 heterocycles. The van der Waals surface area contributed by atoms with Gasteiger partial charge in [-0.05, 0) is 44.2 Å². The minimum atomic E-state index is -0.790. The summed E-state index contributed by atoms with van der Waals surface area (Å²) in [5, 5.41) is 0. The number of rotatable bonds is 9. The van der Waals surface area contributed by atoms with Gasteiger partial charge in [0, 0.05) is 0 Å². The van der Waals surface area contributed by atoms with Crippen molar-refractivity contribution in [2.75, 3.05) is 6.61 Å². The van der Waals surface area contributed by atoms with Crippen LogP contribution in [0.15, 0.2) is 48.6 Å². The molecular weight excluding hydrogens is 264 g/mol. The Balaban J connectivity index is 2.21. The zero-order valence-electron chi connectivity index (χ0n) is 12.5. The third kappa shape index (κ3) is 7.88. The molecule has 0 unspecified atom stereocenters. The largest absolute Gasteiger partial charge is 0.460 e. The Bertz CT molecular complexity index is 500. The van der Waals surface area contributed by atoms with Crippen molar-refractivity contribution < 1.29 is 14.3 Å². The van der Waals surface area contributed by atoms with Gasteiger partial charge in [-0.1, -0.05) is 42.0 Å². The smallest absolute Gasteiger partial charge is 0.379 e. The van der Waals surface area contributed by atoms with Gasteiger partial charge in [-0.25, -0.2) is 4.79 Å². The molecule has 0 bridgehead atoms. The lowest BCUT2D eigenvalue weighted by Crippen LogP contribution is -2.15. The van der Waals surface area contributed by atoms with Crippen LogP contribution in [-0.2, 0) is 14.3 Å². The maximum atomic E-state index is 11.6. The van der Waals surface area contributed by atoms with E-state index in [0.717, 1.165) is 36.8 Å². The van der Waals surface area contributed by atoms with Gasteiger partial charge in [0.25, 0.3) is 5.78 Å². The molecule has 0 saturated carbocycles. The molecule has 0 amide bonds. The maximum Gasteiger partial charge on any atom is 0.379 e. The fraction of sp³-hybridized carbons (Fsp3) is 0.333. The summed E-state index contributed by atoms with van der Waals surface area (Å²) in [7, 11) is 0. The Morgan fingerprint density at radius 3 is 2.52 bits per heavy atom. The highest BCUT2D eigenvalue weighted by atomic mass is 16.5. The summed E-state index contributed by atoms with van der Waals surface area (Å²) in [6.45, 7) is 6.12. The second-order valence-electron chi connectivity index (χ2n) is 5.01. The van der Waals surface area contributed by atoms with E-state index in [9.17, 15) is 9.59 Å². The number of unbranched alkanes of at least 4 members (excludes halogenated alkanes) is 2. The van der Waals surface area contributed by atoms with Crippen LogP contribution < -0.4 is 0 Å². The number of benzene rings is 1. The number of hydrogen-bond donors (Lipinski definition) is 0. The Morgan fingerprint density at radius 1 is 1.14 bits per heavy atom.